The van der Waals surface area contributed by atoms with E-state index >= 15 is 0 Å². The molecule has 1 aromatic rings. The number of hydrogen-bond donors (Lipinski definition) is 1. The highest BCUT2D eigenvalue weighted by molar-refractivity contribution is 7.89. The van der Waals surface area contributed by atoms with E-state index < -0.39 is 10.0 Å². The molecular formula is C15H24N2O3S. The third-order valence-corrected chi connectivity index (χ3v) is 6.36. The van der Waals surface area contributed by atoms with Crippen molar-refractivity contribution >= 4 is 15.7 Å². The Morgan fingerprint density at radius 2 is 2.00 bits per heavy atom. The number of rotatable bonds is 4. The molecule has 1 aliphatic rings. The van der Waals surface area contributed by atoms with Crippen LogP contribution in [0.5, 0.6) is 0 Å². The van der Waals surface area contributed by atoms with Crippen LogP contribution in [0.4, 0.5) is 5.69 Å². The van der Waals surface area contributed by atoms with Crippen LogP contribution in [0.1, 0.15) is 23.1 Å². The first-order chi connectivity index (χ1) is 9.78. The standard InChI is InChI=1S/C15H24N2O3S/c1-10-7-11(2)15(12(3)14(10)16)21(18,19)17-6-5-13(8-17)9-20-4/h7,13H,5-6,8-9,16H2,1-4H3. The number of aryl methyl sites for hydroxylation is 2. The summed E-state index contributed by atoms with van der Waals surface area (Å²) in [6.45, 7) is 7.17. The second kappa shape index (κ2) is 5.94. The Morgan fingerprint density at radius 3 is 2.62 bits per heavy atom. The Morgan fingerprint density at radius 1 is 1.33 bits per heavy atom. The van der Waals surface area contributed by atoms with Gasteiger partial charge in [0, 0.05) is 25.9 Å². The van der Waals surface area contributed by atoms with Crippen molar-refractivity contribution in [3.63, 3.8) is 0 Å². The Balaban J connectivity index is 2.40. The summed E-state index contributed by atoms with van der Waals surface area (Å²) in [5.41, 5.74) is 8.91. The molecule has 0 aliphatic carbocycles. The van der Waals surface area contributed by atoms with Gasteiger partial charge in [0.15, 0.2) is 0 Å². The van der Waals surface area contributed by atoms with E-state index in [0.717, 1.165) is 17.5 Å². The van der Waals surface area contributed by atoms with Gasteiger partial charge in [-0.05, 0) is 49.8 Å². The molecule has 2 N–H and O–H groups in total. The van der Waals surface area contributed by atoms with Crippen molar-refractivity contribution in [3.05, 3.63) is 22.8 Å². The fraction of sp³-hybridized carbons (Fsp3) is 0.600. The van der Waals surface area contributed by atoms with E-state index in [-0.39, 0.29) is 5.92 Å². The predicted molar refractivity (Wildman–Crippen MR) is 83.8 cm³/mol. The molecular weight excluding hydrogens is 288 g/mol. The van der Waals surface area contributed by atoms with Crippen molar-refractivity contribution < 1.29 is 13.2 Å². The summed E-state index contributed by atoms with van der Waals surface area (Å²) in [6.07, 6.45) is 0.840. The molecule has 1 saturated heterocycles. The van der Waals surface area contributed by atoms with E-state index in [4.69, 9.17) is 10.5 Å². The summed E-state index contributed by atoms with van der Waals surface area (Å²) >= 11 is 0. The zero-order valence-corrected chi connectivity index (χ0v) is 14.0. The molecule has 1 aliphatic heterocycles. The average molecular weight is 312 g/mol. The molecule has 5 nitrogen and oxygen atoms in total. The summed E-state index contributed by atoms with van der Waals surface area (Å²) in [4.78, 5) is 0.365. The van der Waals surface area contributed by atoms with Crippen molar-refractivity contribution in [2.24, 2.45) is 5.92 Å². The molecule has 2 rings (SSSR count). The maximum atomic E-state index is 12.9. The fourth-order valence-corrected chi connectivity index (χ4v) is 5.07. The molecule has 118 valence electrons. The number of sulfonamides is 1. The number of hydrogen-bond acceptors (Lipinski definition) is 4. The van der Waals surface area contributed by atoms with Crippen LogP contribution in [0.15, 0.2) is 11.0 Å². The summed E-state index contributed by atoms with van der Waals surface area (Å²) in [7, 11) is -1.85. The summed E-state index contributed by atoms with van der Waals surface area (Å²) < 4.78 is 32.5. The second-order valence-corrected chi connectivity index (χ2v) is 7.73. The van der Waals surface area contributed by atoms with Crippen LogP contribution in [0.2, 0.25) is 0 Å². The van der Waals surface area contributed by atoms with Gasteiger partial charge in [0.1, 0.15) is 0 Å². The fourth-order valence-electron chi connectivity index (χ4n) is 3.10. The Kier molecular flexibility index (Phi) is 4.60. The van der Waals surface area contributed by atoms with Crippen LogP contribution in [-0.2, 0) is 14.8 Å². The van der Waals surface area contributed by atoms with E-state index in [2.05, 4.69) is 0 Å². The van der Waals surface area contributed by atoms with Crippen molar-refractivity contribution in [3.8, 4) is 0 Å². The lowest BCUT2D eigenvalue weighted by Gasteiger charge is -2.21. The van der Waals surface area contributed by atoms with E-state index in [9.17, 15) is 8.42 Å². The third-order valence-electron chi connectivity index (χ3n) is 4.21. The summed E-state index contributed by atoms with van der Waals surface area (Å²) in [5.74, 6) is 0.271. The van der Waals surface area contributed by atoms with Crippen molar-refractivity contribution in [1.29, 1.82) is 0 Å². The maximum Gasteiger partial charge on any atom is 0.243 e. The van der Waals surface area contributed by atoms with Gasteiger partial charge in [0.05, 0.1) is 11.5 Å². The zero-order chi connectivity index (χ0) is 15.8. The lowest BCUT2D eigenvalue weighted by atomic mass is 10.1. The highest BCUT2D eigenvalue weighted by Gasteiger charge is 2.34. The highest BCUT2D eigenvalue weighted by atomic mass is 32.2. The second-order valence-electron chi connectivity index (χ2n) is 5.85. The number of methoxy groups -OCH3 is 1. The molecule has 1 unspecified atom stereocenters. The topological polar surface area (TPSA) is 72.6 Å². The molecule has 0 radical (unpaired) electrons. The summed E-state index contributed by atoms with van der Waals surface area (Å²) in [5, 5.41) is 0. The monoisotopic (exact) mass is 312 g/mol. The zero-order valence-electron chi connectivity index (χ0n) is 13.1. The van der Waals surface area contributed by atoms with Crippen LogP contribution < -0.4 is 5.73 Å². The van der Waals surface area contributed by atoms with Crippen molar-refractivity contribution in [2.45, 2.75) is 32.1 Å². The first kappa shape index (κ1) is 16.3. The molecule has 0 aromatic heterocycles. The minimum Gasteiger partial charge on any atom is -0.398 e. The smallest absolute Gasteiger partial charge is 0.243 e. The third kappa shape index (κ3) is 2.93. The van der Waals surface area contributed by atoms with E-state index in [1.165, 1.54) is 0 Å². The van der Waals surface area contributed by atoms with Gasteiger partial charge in [0.25, 0.3) is 0 Å². The number of nitrogen functional groups attached to an aromatic ring is 1. The Bertz CT molecular complexity index is 641. The maximum absolute atomic E-state index is 12.9. The molecule has 0 bridgehead atoms. The van der Waals surface area contributed by atoms with Crippen LogP contribution in [0.3, 0.4) is 0 Å². The first-order valence-electron chi connectivity index (χ1n) is 7.14. The quantitative estimate of drug-likeness (QED) is 0.861. The van der Waals surface area contributed by atoms with Gasteiger partial charge in [0.2, 0.25) is 10.0 Å². The van der Waals surface area contributed by atoms with Crippen molar-refractivity contribution in [1.82, 2.24) is 4.31 Å². The Hall–Kier alpha value is -1.11. The van der Waals surface area contributed by atoms with Gasteiger partial charge in [-0.1, -0.05) is 6.07 Å². The average Bonchev–Trinajstić information content (AvgIpc) is 2.85. The van der Waals surface area contributed by atoms with Crippen LogP contribution in [0.25, 0.3) is 0 Å². The van der Waals surface area contributed by atoms with E-state index in [1.807, 2.05) is 19.9 Å². The Labute approximate surface area is 127 Å². The predicted octanol–water partition coefficient (Wildman–Crippen LogP) is 1.85. The highest BCUT2D eigenvalue weighted by Crippen LogP contribution is 2.32. The van der Waals surface area contributed by atoms with Crippen LogP contribution in [-0.4, -0.2) is 39.5 Å². The lowest BCUT2D eigenvalue weighted by molar-refractivity contribution is 0.157. The SMILES string of the molecule is COCC1CCN(S(=O)(=O)c2c(C)cc(C)c(N)c2C)C1. The lowest BCUT2D eigenvalue weighted by Crippen LogP contribution is -2.30. The molecule has 0 saturated carbocycles. The molecule has 0 amide bonds. The van der Waals surface area contributed by atoms with Gasteiger partial charge in [-0.25, -0.2) is 8.42 Å². The van der Waals surface area contributed by atoms with E-state index in [0.29, 0.717) is 35.8 Å². The van der Waals surface area contributed by atoms with Crippen molar-refractivity contribution in [2.75, 3.05) is 32.5 Å². The molecule has 0 spiro atoms. The van der Waals surface area contributed by atoms with Gasteiger partial charge >= 0.3 is 0 Å². The van der Waals surface area contributed by atoms with Gasteiger partial charge in [-0.2, -0.15) is 4.31 Å². The molecule has 6 heteroatoms. The van der Waals surface area contributed by atoms with Crippen LogP contribution in [0, 0.1) is 26.7 Å². The minimum atomic E-state index is -3.49. The van der Waals surface area contributed by atoms with Gasteiger partial charge in [-0.3, -0.25) is 0 Å². The molecule has 1 atom stereocenters. The largest absolute Gasteiger partial charge is 0.398 e. The summed E-state index contributed by atoms with van der Waals surface area (Å²) in [6, 6.07) is 1.85. The molecule has 1 heterocycles. The minimum absolute atomic E-state index is 0.271. The molecule has 1 fully saturated rings. The molecule has 1 aromatic carbocycles. The first-order valence-corrected chi connectivity index (χ1v) is 8.58. The van der Waals surface area contributed by atoms with Gasteiger partial charge in [-0.15, -0.1) is 0 Å². The normalized spacial score (nSPS) is 20.1. The van der Waals surface area contributed by atoms with Crippen LogP contribution >= 0.6 is 0 Å². The number of nitrogens with two attached hydrogens (primary N) is 1. The number of benzene rings is 1. The number of nitrogens with zero attached hydrogens (tertiary/aromatic N) is 1. The number of anilines is 1. The van der Waals surface area contributed by atoms with Gasteiger partial charge < -0.3 is 10.5 Å². The molecule has 21 heavy (non-hydrogen) atoms. The number of ether oxygens (including phenoxy) is 1. The van der Waals surface area contributed by atoms with E-state index in [1.54, 1.807) is 18.3 Å².